The third-order valence-corrected chi connectivity index (χ3v) is 4.23. The summed E-state index contributed by atoms with van der Waals surface area (Å²) in [6.45, 7) is 1.63. The molecule has 5 heteroatoms. The maximum atomic E-state index is 12.4. The third-order valence-electron chi connectivity index (χ3n) is 4.23. The summed E-state index contributed by atoms with van der Waals surface area (Å²) in [5.74, 6) is 1.34. The number of nitrogens with zero attached hydrogens (tertiary/aromatic N) is 3. The minimum Gasteiger partial charge on any atom is -0.381 e. The molecule has 2 aromatic rings. The molecule has 1 amide bonds. The molecule has 112 valence electrons. The lowest BCUT2D eigenvalue weighted by atomic mass is 10.0. The number of aromatic nitrogens is 2. The average molecular weight is 287 g/mol. The Bertz CT molecular complexity index is 644. The highest BCUT2D eigenvalue weighted by Crippen LogP contribution is 2.22. The lowest BCUT2D eigenvalue weighted by Crippen LogP contribution is -2.29. The van der Waals surface area contributed by atoms with Crippen LogP contribution >= 0.6 is 0 Å². The highest BCUT2D eigenvalue weighted by Gasteiger charge is 2.21. The molecule has 0 spiro atoms. The molecule has 0 radical (unpaired) electrons. The quantitative estimate of drug-likeness (QED) is 0.867. The predicted molar refractivity (Wildman–Crippen MR) is 82.3 cm³/mol. The van der Waals surface area contributed by atoms with Gasteiger partial charge in [0.25, 0.3) is 0 Å². The van der Waals surface area contributed by atoms with Crippen molar-refractivity contribution in [3.63, 3.8) is 0 Å². The Kier molecular flexibility index (Phi) is 3.92. The van der Waals surface area contributed by atoms with Gasteiger partial charge in [-0.1, -0.05) is 12.1 Å². The molecule has 0 bridgehead atoms. The van der Waals surface area contributed by atoms with Gasteiger partial charge >= 0.3 is 0 Å². The monoisotopic (exact) mass is 287 g/mol. The zero-order chi connectivity index (χ0) is 14.8. The number of aryl methyl sites for hydroxylation is 1. The highest BCUT2D eigenvalue weighted by molar-refractivity contribution is 5.93. The van der Waals surface area contributed by atoms with Crippen LogP contribution in [-0.4, -0.2) is 35.7 Å². The predicted octanol–water partition coefficient (Wildman–Crippen LogP) is 2.35. The first-order valence-electron chi connectivity index (χ1n) is 7.42. The molecule has 0 saturated carbocycles. The minimum absolute atomic E-state index is 0.111. The number of ether oxygens (including phenoxy) is 1. The molecule has 1 fully saturated rings. The largest absolute Gasteiger partial charge is 0.381 e. The fourth-order valence-corrected chi connectivity index (χ4v) is 2.85. The number of rotatable bonds is 4. The van der Waals surface area contributed by atoms with Gasteiger partial charge in [0.05, 0.1) is 11.0 Å². The van der Waals surface area contributed by atoms with E-state index in [1.54, 1.807) is 11.9 Å². The number of hydrogen-bond acceptors (Lipinski definition) is 3. The van der Waals surface area contributed by atoms with Crippen LogP contribution in [0.4, 0.5) is 5.95 Å². The van der Waals surface area contributed by atoms with Crippen LogP contribution < -0.4 is 4.90 Å². The van der Waals surface area contributed by atoms with E-state index >= 15 is 0 Å². The molecule has 0 aliphatic carbocycles. The van der Waals surface area contributed by atoms with Gasteiger partial charge in [0, 0.05) is 33.7 Å². The first kappa shape index (κ1) is 14.1. The van der Waals surface area contributed by atoms with E-state index in [0.717, 1.165) is 37.1 Å². The van der Waals surface area contributed by atoms with Gasteiger partial charge in [0.15, 0.2) is 0 Å². The van der Waals surface area contributed by atoms with Gasteiger partial charge in [-0.05, 0) is 30.9 Å². The van der Waals surface area contributed by atoms with Gasteiger partial charge in [0.2, 0.25) is 11.9 Å². The maximum absolute atomic E-state index is 12.4. The van der Waals surface area contributed by atoms with Gasteiger partial charge in [-0.2, -0.15) is 0 Å². The van der Waals surface area contributed by atoms with Crippen molar-refractivity contribution in [3.05, 3.63) is 24.3 Å². The van der Waals surface area contributed by atoms with Crippen LogP contribution in [0.2, 0.25) is 0 Å². The van der Waals surface area contributed by atoms with E-state index in [0.29, 0.717) is 18.3 Å². The minimum atomic E-state index is 0.111. The van der Waals surface area contributed by atoms with Crippen molar-refractivity contribution in [2.24, 2.45) is 13.0 Å². The number of para-hydroxylation sites is 2. The Morgan fingerprint density at radius 3 is 3.00 bits per heavy atom. The zero-order valence-electron chi connectivity index (χ0n) is 12.6. The molecule has 1 aliphatic heterocycles. The number of hydrogen-bond donors (Lipinski definition) is 0. The molecular formula is C16H21N3O2. The number of anilines is 1. The van der Waals surface area contributed by atoms with Crippen molar-refractivity contribution in [2.75, 3.05) is 25.2 Å². The van der Waals surface area contributed by atoms with Crippen molar-refractivity contribution >= 4 is 22.9 Å². The van der Waals surface area contributed by atoms with Gasteiger partial charge in [-0.15, -0.1) is 0 Å². The number of amides is 1. The molecule has 0 N–H and O–H groups in total. The van der Waals surface area contributed by atoms with Gasteiger partial charge in [-0.25, -0.2) is 4.98 Å². The summed E-state index contributed by atoms with van der Waals surface area (Å²) >= 11 is 0. The molecule has 3 rings (SSSR count). The van der Waals surface area contributed by atoms with E-state index < -0.39 is 0 Å². The number of carbonyl (C=O) groups excluding carboxylic acids is 1. The average Bonchev–Trinajstić information content (AvgIpc) is 3.13. The Labute approximate surface area is 124 Å². The number of fused-ring (bicyclic) bond motifs is 1. The molecular weight excluding hydrogens is 266 g/mol. The van der Waals surface area contributed by atoms with Crippen molar-refractivity contribution in [1.82, 2.24) is 9.55 Å². The van der Waals surface area contributed by atoms with E-state index in [1.807, 2.05) is 35.9 Å². The SMILES string of the molecule is CN(C(=O)CC[C@H]1CCOC1)c1nc2ccccc2n1C. The fraction of sp³-hybridized carbons (Fsp3) is 0.500. The van der Waals surface area contributed by atoms with Crippen LogP contribution in [0.25, 0.3) is 11.0 Å². The second-order valence-corrected chi connectivity index (χ2v) is 5.68. The number of benzene rings is 1. The number of carbonyl (C=O) groups is 1. The summed E-state index contributed by atoms with van der Waals surface area (Å²) in [5, 5.41) is 0. The Balaban J connectivity index is 1.71. The van der Waals surface area contributed by atoms with Crippen LogP contribution in [0.3, 0.4) is 0 Å². The second-order valence-electron chi connectivity index (χ2n) is 5.68. The molecule has 1 aromatic heterocycles. The molecule has 1 saturated heterocycles. The van der Waals surface area contributed by atoms with Crippen molar-refractivity contribution in [3.8, 4) is 0 Å². The summed E-state index contributed by atoms with van der Waals surface area (Å²) in [6.07, 6.45) is 2.52. The zero-order valence-corrected chi connectivity index (χ0v) is 12.6. The lowest BCUT2D eigenvalue weighted by Gasteiger charge is -2.17. The first-order valence-corrected chi connectivity index (χ1v) is 7.42. The Morgan fingerprint density at radius 2 is 2.29 bits per heavy atom. The van der Waals surface area contributed by atoms with E-state index in [2.05, 4.69) is 4.98 Å². The topological polar surface area (TPSA) is 47.4 Å². The summed E-state index contributed by atoms with van der Waals surface area (Å²) in [7, 11) is 3.74. The maximum Gasteiger partial charge on any atom is 0.229 e. The Morgan fingerprint density at radius 1 is 1.48 bits per heavy atom. The van der Waals surface area contributed by atoms with Gasteiger partial charge < -0.3 is 9.30 Å². The second kappa shape index (κ2) is 5.85. The van der Waals surface area contributed by atoms with Crippen LogP contribution in [0.1, 0.15) is 19.3 Å². The van der Waals surface area contributed by atoms with Gasteiger partial charge in [-0.3, -0.25) is 9.69 Å². The van der Waals surface area contributed by atoms with Crippen LogP contribution in [0.15, 0.2) is 24.3 Å². The van der Waals surface area contributed by atoms with Crippen LogP contribution in [0, 0.1) is 5.92 Å². The van der Waals surface area contributed by atoms with Crippen LogP contribution in [-0.2, 0) is 16.6 Å². The van der Waals surface area contributed by atoms with Gasteiger partial charge in [0.1, 0.15) is 0 Å². The Hall–Kier alpha value is -1.88. The van der Waals surface area contributed by atoms with Crippen molar-refractivity contribution in [2.45, 2.75) is 19.3 Å². The lowest BCUT2D eigenvalue weighted by molar-refractivity contribution is -0.118. The summed E-state index contributed by atoms with van der Waals surface area (Å²) in [5.41, 5.74) is 1.95. The third kappa shape index (κ3) is 2.78. The summed E-state index contributed by atoms with van der Waals surface area (Å²) in [4.78, 5) is 18.6. The normalized spacial score (nSPS) is 18.3. The molecule has 5 nitrogen and oxygen atoms in total. The number of imidazole rings is 1. The summed E-state index contributed by atoms with van der Waals surface area (Å²) < 4.78 is 7.32. The molecule has 2 heterocycles. The van der Waals surface area contributed by atoms with E-state index in [1.165, 1.54) is 0 Å². The smallest absolute Gasteiger partial charge is 0.229 e. The van der Waals surface area contributed by atoms with E-state index in [9.17, 15) is 4.79 Å². The van der Waals surface area contributed by atoms with Crippen molar-refractivity contribution in [1.29, 1.82) is 0 Å². The molecule has 1 aromatic carbocycles. The fourth-order valence-electron chi connectivity index (χ4n) is 2.85. The standard InChI is InChI=1S/C16H21N3O2/c1-18-14-6-4-3-5-13(14)17-16(18)19(2)15(20)8-7-12-9-10-21-11-12/h3-6,12H,7-11H2,1-2H3/t12-/m0/s1. The van der Waals surface area contributed by atoms with E-state index in [4.69, 9.17) is 4.74 Å². The molecule has 0 unspecified atom stereocenters. The van der Waals surface area contributed by atoms with Crippen molar-refractivity contribution < 1.29 is 9.53 Å². The van der Waals surface area contributed by atoms with E-state index in [-0.39, 0.29) is 5.91 Å². The highest BCUT2D eigenvalue weighted by atomic mass is 16.5. The molecule has 21 heavy (non-hydrogen) atoms. The molecule has 1 aliphatic rings. The first-order chi connectivity index (χ1) is 10.2. The summed E-state index contributed by atoms with van der Waals surface area (Å²) in [6, 6.07) is 7.92. The molecule has 1 atom stereocenters. The van der Waals surface area contributed by atoms with Crippen LogP contribution in [0.5, 0.6) is 0 Å².